The van der Waals surface area contributed by atoms with Crippen molar-refractivity contribution in [2.24, 2.45) is 28.6 Å². The molecule has 0 radical (unpaired) electrons. The van der Waals surface area contributed by atoms with E-state index < -0.39 is 0 Å². The Morgan fingerprint density at radius 2 is 1.91 bits per heavy atom. The number of piperidine rings is 1. The third-order valence-electron chi connectivity index (χ3n) is 8.27. The van der Waals surface area contributed by atoms with E-state index in [9.17, 15) is 4.79 Å². The van der Waals surface area contributed by atoms with Crippen LogP contribution in [0.15, 0.2) is 0 Å². The van der Waals surface area contributed by atoms with Crippen molar-refractivity contribution in [2.45, 2.75) is 84.6 Å². The average Bonchev–Trinajstić information content (AvgIpc) is 2.92. The van der Waals surface area contributed by atoms with Gasteiger partial charge >= 0.3 is 0 Å². The van der Waals surface area contributed by atoms with Crippen LogP contribution in [-0.4, -0.2) is 23.6 Å². The molecule has 0 bridgehead atoms. The lowest BCUT2D eigenvalue weighted by Gasteiger charge is -2.61. The molecule has 3 nitrogen and oxygen atoms in total. The second kappa shape index (κ2) is 5.47. The first-order valence-electron chi connectivity index (χ1n) is 9.94. The van der Waals surface area contributed by atoms with Crippen LogP contribution in [0.4, 0.5) is 0 Å². The van der Waals surface area contributed by atoms with Crippen molar-refractivity contribution in [3.05, 3.63) is 0 Å². The van der Waals surface area contributed by atoms with Crippen molar-refractivity contribution in [3.63, 3.8) is 0 Å². The molecule has 0 spiro atoms. The lowest BCUT2D eigenvalue weighted by atomic mass is 9.48. The maximum Gasteiger partial charge on any atom is 0.246 e. The molecule has 130 valence electrons. The van der Waals surface area contributed by atoms with Gasteiger partial charge in [0, 0.05) is 6.42 Å². The van der Waals surface area contributed by atoms with Crippen LogP contribution in [0.5, 0.6) is 0 Å². The number of fused-ring (bicyclic) bond motifs is 5. The van der Waals surface area contributed by atoms with E-state index in [1.165, 1.54) is 38.5 Å². The Labute approximate surface area is 141 Å². The van der Waals surface area contributed by atoms with E-state index in [-0.39, 0.29) is 11.3 Å². The first-order chi connectivity index (χ1) is 11.0. The van der Waals surface area contributed by atoms with Gasteiger partial charge in [-0.3, -0.25) is 9.63 Å². The molecule has 0 aromatic heterocycles. The fraction of sp³-hybridized carbons (Fsp3) is 0.950. The Kier molecular flexibility index (Phi) is 3.79. The molecule has 1 amide bonds. The van der Waals surface area contributed by atoms with Gasteiger partial charge in [0.05, 0.1) is 12.6 Å². The van der Waals surface area contributed by atoms with Gasteiger partial charge in [-0.15, -0.1) is 0 Å². The summed E-state index contributed by atoms with van der Waals surface area (Å²) in [6, 6.07) is 0.315. The molecule has 6 atom stereocenters. The van der Waals surface area contributed by atoms with Crippen molar-refractivity contribution < 1.29 is 9.63 Å². The van der Waals surface area contributed by atoms with Gasteiger partial charge in [-0.05, 0) is 80.5 Å². The number of nitrogens with zero attached hydrogens (tertiary/aromatic N) is 1. The Bertz CT molecular complexity index is 492. The summed E-state index contributed by atoms with van der Waals surface area (Å²) in [4.78, 5) is 18.2. The van der Waals surface area contributed by atoms with Gasteiger partial charge in [-0.2, -0.15) is 0 Å². The zero-order chi connectivity index (χ0) is 16.2. The van der Waals surface area contributed by atoms with E-state index in [0.29, 0.717) is 24.5 Å². The summed E-state index contributed by atoms with van der Waals surface area (Å²) in [5.41, 5.74) is 0.893. The molecule has 3 heteroatoms. The van der Waals surface area contributed by atoms with E-state index in [1.54, 1.807) is 5.06 Å². The minimum Gasteiger partial charge on any atom is -0.273 e. The second-order valence-electron chi connectivity index (χ2n) is 9.20. The number of carbonyl (C=O) groups excluding carboxylic acids is 1. The predicted molar refractivity (Wildman–Crippen MR) is 90.5 cm³/mol. The summed E-state index contributed by atoms with van der Waals surface area (Å²) in [5.74, 6) is 2.86. The molecule has 1 heterocycles. The number of rotatable bonds is 2. The molecule has 1 saturated heterocycles. The standard InChI is InChI=1S/C20H33NO2/c1-4-23-21-17-8-7-14-15-6-5-11-19(15,2)12-9-16(14)20(17,3)13-10-18(21)22/h14-17H,4-13H2,1-3H3/t14-,15-,16+,17?,19-,20+/m0/s1. The van der Waals surface area contributed by atoms with Gasteiger partial charge in [0.15, 0.2) is 0 Å². The monoisotopic (exact) mass is 319 g/mol. The van der Waals surface area contributed by atoms with Gasteiger partial charge in [0.2, 0.25) is 5.91 Å². The second-order valence-corrected chi connectivity index (χ2v) is 9.20. The van der Waals surface area contributed by atoms with Crippen LogP contribution in [0.2, 0.25) is 0 Å². The number of hydrogen-bond donors (Lipinski definition) is 0. The van der Waals surface area contributed by atoms with Crippen LogP contribution in [0.25, 0.3) is 0 Å². The molecule has 0 N–H and O–H groups in total. The number of carbonyl (C=O) groups is 1. The largest absolute Gasteiger partial charge is 0.273 e. The van der Waals surface area contributed by atoms with Crippen molar-refractivity contribution in [1.29, 1.82) is 0 Å². The topological polar surface area (TPSA) is 29.5 Å². The molecular formula is C20H33NO2. The van der Waals surface area contributed by atoms with Crippen LogP contribution in [0.1, 0.15) is 78.6 Å². The zero-order valence-electron chi connectivity index (χ0n) is 15.1. The van der Waals surface area contributed by atoms with E-state index in [0.717, 1.165) is 30.6 Å². The highest BCUT2D eigenvalue weighted by Crippen LogP contribution is 2.64. The van der Waals surface area contributed by atoms with E-state index in [4.69, 9.17) is 4.84 Å². The third-order valence-corrected chi connectivity index (χ3v) is 8.27. The van der Waals surface area contributed by atoms with Crippen molar-refractivity contribution >= 4 is 5.91 Å². The number of hydroxylamine groups is 2. The lowest BCUT2D eigenvalue weighted by Crippen LogP contribution is -2.61. The normalized spacial score (nSPS) is 49.5. The molecule has 3 saturated carbocycles. The van der Waals surface area contributed by atoms with Crippen LogP contribution in [0.3, 0.4) is 0 Å². The maximum atomic E-state index is 12.4. The van der Waals surface area contributed by atoms with Crippen LogP contribution in [-0.2, 0) is 9.63 Å². The van der Waals surface area contributed by atoms with E-state index in [1.807, 2.05) is 6.92 Å². The van der Waals surface area contributed by atoms with Gasteiger partial charge in [0.25, 0.3) is 0 Å². The summed E-state index contributed by atoms with van der Waals surface area (Å²) < 4.78 is 0. The summed E-state index contributed by atoms with van der Waals surface area (Å²) in [5, 5.41) is 1.79. The first-order valence-corrected chi connectivity index (χ1v) is 9.94. The molecule has 0 aromatic rings. The Hall–Kier alpha value is -0.570. The summed E-state index contributed by atoms with van der Waals surface area (Å²) >= 11 is 0. The fourth-order valence-corrected chi connectivity index (χ4v) is 7.13. The molecular weight excluding hydrogens is 286 g/mol. The van der Waals surface area contributed by atoms with Gasteiger partial charge < -0.3 is 0 Å². The summed E-state index contributed by atoms with van der Waals surface area (Å²) in [6.45, 7) is 7.64. The predicted octanol–water partition coefficient (Wildman–Crippen LogP) is 4.56. The van der Waals surface area contributed by atoms with Gasteiger partial charge in [0.1, 0.15) is 0 Å². The van der Waals surface area contributed by atoms with Crippen molar-refractivity contribution in [1.82, 2.24) is 5.06 Å². The molecule has 1 unspecified atom stereocenters. The quantitative estimate of drug-likeness (QED) is 0.746. The van der Waals surface area contributed by atoms with E-state index >= 15 is 0 Å². The summed E-state index contributed by atoms with van der Waals surface area (Å²) in [6.07, 6.45) is 11.3. The highest BCUT2D eigenvalue weighted by molar-refractivity contribution is 5.76. The average molecular weight is 319 g/mol. The first kappa shape index (κ1) is 15.9. The Morgan fingerprint density at radius 1 is 1.09 bits per heavy atom. The van der Waals surface area contributed by atoms with E-state index in [2.05, 4.69) is 13.8 Å². The smallest absolute Gasteiger partial charge is 0.246 e. The third kappa shape index (κ3) is 2.22. The molecule has 0 aromatic carbocycles. The van der Waals surface area contributed by atoms with Crippen LogP contribution < -0.4 is 0 Å². The highest BCUT2D eigenvalue weighted by Gasteiger charge is 2.59. The number of hydrogen-bond acceptors (Lipinski definition) is 2. The van der Waals surface area contributed by atoms with Gasteiger partial charge in [-0.1, -0.05) is 20.3 Å². The molecule has 4 aliphatic rings. The van der Waals surface area contributed by atoms with Crippen molar-refractivity contribution in [3.8, 4) is 0 Å². The maximum absolute atomic E-state index is 12.4. The molecule has 1 aliphatic heterocycles. The molecule has 3 aliphatic carbocycles. The Morgan fingerprint density at radius 3 is 2.70 bits per heavy atom. The zero-order valence-corrected chi connectivity index (χ0v) is 15.1. The number of amides is 1. The van der Waals surface area contributed by atoms with Crippen LogP contribution >= 0.6 is 0 Å². The minimum absolute atomic E-state index is 0.217. The molecule has 4 rings (SSSR count). The minimum atomic E-state index is 0.217. The SMILES string of the molecule is CCON1C(=O)CC[C@@]2(C)C1CC[C@@H]1[C@H]2CC[C@]2(C)CCC[C@@H]12. The van der Waals surface area contributed by atoms with Crippen LogP contribution in [0, 0.1) is 28.6 Å². The molecule has 4 fully saturated rings. The van der Waals surface area contributed by atoms with Gasteiger partial charge in [-0.25, -0.2) is 5.06 Å². The summed E-state index contributed by atoms with van der Waals surface area (Å²) in [7, 11) is 0. The Balaban J connectivity index is 1.63. The van der Waals surface area contributed by atoms with Crippen molar-refractivity contribution in [2.75, 3.05) is 6.61 Å². The fourth-order valence-electron chi connectivity index (χ4n) is 7.13. The molecule has 23 heavy (non-hydrogen) atoms. The lowest BCUT2D eigenvalue weighted by molar-refractivity contribution is -0.244. The highest BCUT2D eigenvalue weighted by atomic mass is 16.7.